The molecule has 6 heteroatoms. The smallest absolute Gasteiger partial charge is 0.420 e. The Morgan fingerprint density at radius 3 is 2.50 bits per heavy atom. The maximum atomic E-state index is 12.5. The van der Waals surface area contributed by atoms with Crippen LogP contribution in [0.2, 0.25) is 0 Å². The molecule has 2 N–H and O–H groups in total. The first-order chi connectivity index (χ1) is 7.36. The Labute approximate surface area is 99.6 Å². The van der Waals surface area contributed by atoms with Gasteiger partial charge in [-0.05, 0) is 37.7 Å². The fourth-order valence-electron chi connectivity index (χ4n) is 1.32. The summed E-state index contributed by atoms with van der Waals surface area (Å²) in [5, 5.41) is 12.3. The zero-order chi connectivity index (χ0) is 12.3. The van der Waals surface area contributed by atoms with Crippen LogP contribution in [-0.2, 0) is 12.6 Å². The van der Waals surface area contributed by atoms with Gasteiger partial charge in [0.05, 0.1) is 5.56 Å². The minimum Gasteiger partial charge on any atom is -0.507 e. The first-order valence-electron chi connectivity index (χ1n) is 4.59. The first kappa shape index (κ1) is 13.3. The predicted octanol–water partition coefficient (Wildman–Crippen LogP) is 2.94. The zero-order valence-electron chi connectivity index (χ0n) is 8.53. The highest BCUT2D eigenvalue weighted by molar-refractivity contribution is 9.10. The Hall–Kier alpha value is -0.750. The summed E-state index contributed by atoms with van der Waals surface area (Å²) < 4.78 is 37.9. The third kappa shape index (κ3) is 3.12. The maximum absolute atomic E-state index is 12.5. The van der Waals surface area contributed by atoms with Crippen molar-refractivity contribution in [3.63, 3.8) is 0 Å². The number of phenols is 1. The molecule has 0 radical (unpaired) electrons. The summed E-state index contributed by atoms with van der Waals surface area (Å²) in [6.07, 6.45) is -4.20. The van der Waals surface area contributed by atoms with Gasteiger partial charge in [0.1, 0.15) is 5.75 Å². The van der Waals surface area contributed by atoms with Crippen molar-refractivity contribution in [3.05, 3.63) is 27.7 Å². The summed E-state index contributed by atoms with van der Waals surface area (Å²) in [5.74, 6) is -0.689. The zero-order valence-corrected chi connectivity index (χ0v) is 10.1. The largest absolute Gasteiger partial charge is 0.507 e. The molecular formula is C10H11BrF3NO. The Balaban J connectivity index is 3.16. The number of hydrogen-bond donors (Lipinski definition) is 2. The van der Waals surface area contributed by atoms with Crippen molar-refractivity contribution in [1.29, 1.82) is 0 Å². The number of benzene rings is 1. The van der Waals surface area contributed by atoms with Crippen LogP contribution in [0.25, 0.3) is 0 Å². The topological polar surface area (TPSA) is 32.3 Å². The SMILES string of the molecule is CNCCc1cc(Br)cc(C(F)(F)F)c1O. The number of halogens is 4. The van der Waals surface area contributed by atoms with E-state index in [0.717, 1.165) is 6.07 Å². The number of aromatic hydroxyl groups is 1. The van der Waals surface area contributed by atoms with E-state index in [-0.39, 0.29) is 5.56 Å². The number of alkyl halides is 3. The Kier molecular flexibility index (Phi) is 4.21. The molecule has 0 saturated heterocycles. The number of nitrogens with one attached hydrogen (secondary N) is 1. The number of hydrogen-bond acceptors (Lipinski definition) is 2. The monoisotopic (exact) mass is 297 g/mol. The Morgan fingerprint density at radius 1 is 1.38 bits per heavy atom. The molecule has 1 rings (SSSR count). The lowest BCUT2D eigenvalue weighted by molar-refractivity contribution is -0.138. The lowest BCUT2D eigenvalue weighted by Crippen LogP contribution is -2.12. The van der Waals surface area contributed by atoms with Crippen LogP contribution >= 0.6 is 15.9 Å². The predicted molar refractivity (Wildman–Crippen MR) is 58.4 cm³/mol. The van der Waals surface area contributed by atoms with Crippen LogP contribution in [0.3, 0.4) is 0 Å². The molecule has 16 heavy (non-hydrogen) atoms. The summed E-state index contributed by atoms with van der Waals surface area (Å²) >= 11 is 3.00. The third-order valence-electron chi connectivity index (χ3n) is 2.10. The van der Waals surface area contributed by atoms with Crippen LogP contribution in [0.15, 0.2) is 16.6 Å². The average molecular weight is 298 g/mol. The fourth-order valence-corrected chi connectivity index (χ4v) is 1.83. The van der Waals surface area contributed by atoms with Gasteiger partial charge in [0.25, 0.3) is 0 Å². The van der Waals surface area contributed by atoms with Crippen molar-refractivity contribution < 1.29 is 18.3 Å². The van der Waals surface area contributed by atoms with Crippen molar-refractivity contribution in [2.45, 2.75) is 12.6 Å². The van der Waals surface area contributed by atoms with Crippen LogP contribution in [0.1, 0.15) is 11.1 Å². The molecule has 0 aliphatic carbocycles. The molecule has 0 aliphatic heterocycles. The van der Waals surface area contributed by atoms with E-state index in [0.29, 0.717) is 17.4 Å². The van der Waals surface area contributed by atoms with Crippen LogP contribution in [0, 0.1) is 0 Å². The second-order valence-electron chi connectivity index (χ2n) is 3.31. The van der Waals surface area contributed by atoms with Gasteiger partial charge in [0.15, 0.2) is 0 Å². The average Bonchev–Trinajstić information content (AvgIpc) is 2.17. The van der Waals surface area contributed by atoms with E-state index in [1.54, 1.807) is 7.05 Å². The summed E-state index contributed by atoms with van der Waals surface area (Å²) in [4.78, 5) is 0. The molecule has 2 nitrogen and oxygen atoms in total. The molecule has 0 atom stereocenters. The second kappa shape index (κ2) is 5.05. The van der Waals surface area contributed by atoms with E-state index < -0.39 is 17.5 Å². The number of rotatable bonds is 3. The van der Waals surface area contributed by atoms with E-state index in [2.05, 4.69) is 21.2 Å². The summed E-state index contributed by atoms with van der Waals surface area (Å²) in [6, 6.07) is 2.36. The minimum atomic E-state index is -4.54. The summed E-state index contributed by atoms with van der Waals surface area (Å²) in [5.41, 5.74) is -0.732. The molecule has 0 aliphatic rings. The van der Waals surface area contributed by atoms with Crippen LogP contribution in [0.4, 0.5) is 13.2 Å². The van der Waals surface area contributed by atoms with Gasteiger partial charge in [0.2, 0.25) is 0 Å². The van der Waals surface area contributed by atoms with E-state index >= 15 is 0 Å². The van der Waals surface area contributed by atoms with Crippen molar-refractivity contribution in [2.24, 2.45) is 0 Å². The molecule has 0 fully saturated rings. The Morgan fingerprint density at radius 2 is 2.00 bits per heavy atom. The minimum absolute atomic E-state index is 0.274. The van der Waals surface area contributed by atoms with Gasteiger partial charge in [0, 0.05) is 4.47 Å². The van der Waals surface area contributed by atoms with Gasteiger partial charge in [-0.15, -0.1) is 0 Å². The lowest BCUT2D eigenvalue weighted by atomic mass is 10.1. The highest BCUT2D eigenvalue weighted by Crippen LogP contribution is 2.39. The van der Waals surface area contributed by atoms with E-state index in [1.165, 1.54) is 6.07 Å². The molecule has 1 aromatic carbocycles. The number of likely N-dealkylation sites (N-methyl/N-ethyl adjacent to an activating group) is 1. The van der Waals surface area contributed by atoms with E-state index in [9.17, 15) is 18.3 Å². The third-order valence-corrected chi connectivity index (χ3v) is 2.56. The molecule has 0 saturated carbocycles. The molecule has 0 amide bonds. The van der Waals surface area contributed by atoms with E-state index in [4.69, 9.17) is 0 Å². The van der Waals surface area contributed by atoms with Gasteiger partial charge >= 0.3 is 6.18 Å². The maximum Gasteiger partial charge on any atom is 0.420 e. The van der Waals surface area contributed by atoms with Crippen molar-refractivity contribution >= 4 is 15.9 Å². The molecule has 0 aromatic heterocycles. The van der Waals surface area contributed by atoms with Crippen LogP contribution in [0.5, 0.6) is 5.75 Å². The van der Waals surface area contributed by atoms with Gasteiger partial charge in [-0.1, -0.05) is 15.9 Å². The number of phenolic OH excluding ortho intramolecular Hbond substituents is 1. The molecule has 0 spiro atoms. The molecule has 0 unspecified atom stereocenters. The lowest BCUT2D eigenvalue weighted by Gasteiger charge is -2.13. The van der Waals surface area contributed by atoms with Crippen LogP contribution < -0.4 is 5.32 Å². The van der Waals surface area contributed by atoms with Gasteiger partial charge in [-0.3, -0.25) is 0 Å². The van der Waals surface area contributed by atoms with Gasteiger partial charge in [-0.2, -0.15) is 13.2 Å². The van der Waals surface area contributed by atoms with Gasteiger partial charge in [-0.25, -0.2) is 0 Å². The molecule has 0 heterocycles. The molecule has 90 valence electrons. The Bertz CT molecular complexity index is 379. The van der Waals surface area contributed by atoms with Crippen molar-refractivity contribution in [1.82, 2.24) is 5.32 Å². The first-order valence-corrected chi connectivity index (χ1v) is 5.38. The van der Waals surface area contributed by atoms with E-state index in [1.807, 2.05) is 0 Å². The van der Waals surface area contributed by atoms with Crippen molar-refractivity contribution in [2.75, 3.05) is 13.6 Å². The van der Waals surface area contributed by atoms with Crippen molar-refractivity contribution in [3.8, 4) is 5.75 Å². The molecule has 0 bridgehead atoms. The fraction of sp³-hybridized carbons (Fsp3) is 0.400. The summed E-state index contributed by atoms with van der Waals surface area (Å²) in [6.45, 7) is 0.501. The normalized spacial score (nSPS) is 11.8. The van der Waals surface area contributed by atoms with Gasteiger partial charge < -0.3 is 10.4 Å². The second-order valence-corrected chi connectivity index (χ2v) is 4.23. The highest BCUT2D eigenvalue weighted by atomic mass is 79.9. The standard InChI is InChI=1S/C10H11BrF3NO/c1-15-3-2-6-4-7(11)5-8(9(6)16)10(12,13)14/h4-5,15-16H,2-3H2,1H3. The molecular weight excluding hydrogens is 287 g/mol. The molecule has 1 aromatic rings. The summed E-state index contributed by atoms with van der Waals surface area (Å²) in [7, 11) is 1.69. The van der Waals surface area contributed by atoms with Crippen LogP contribution in [-0.4, -0.2) is 18.7 Å². The quantitative estimate of drug-likeness (QED) is 0.899. The highest BCUT2D eigenvalue weighted by Gasteiger charge is 2.35.